The molecule has 0 amide bonds. The molecule has 1 rings (SSSR count). The molecular weight excluding hydrogens is 247 g/mol. The van der Waals surface area contributed by atoms with Crippen molar-refractivity contribution in [3.05, 3.63) is 29.8 Å². The van der Waals surface area contributed by atoms with Crippen LogP contribution in [0.5, 0.6) is 0 Å². The first kappa shape index (κ1) is 14.4. The third kappa shape index (κ3) is 5.46. The molecule has 0 radical (unpaired) electrons. The van der Waals surface area contributed by atoms with E-state index in [-0.39, 0.29) is 6.04 Å². The minimum absolute atomic E-state index is 0.224. The summed E-state index contributed by atoms with van der Waals surface area (Å²) in [5, 5.41) is 3.25. The van der Waals surface area contributed by atoms with Crippen LogP contribution in [0, 0.1) is 0 Å². The second-order valence-electron chi connectivity index (χ2n) is 3.75. The number of hydrogen-bond donors (Lipinski definition) is 1. The van der Waals surface area contributed by atoms with E-state index in [1.807, 2.05) is 26.0 Å². The fraction of sp³-hybridized carbons (Fsp3) is 0.500. The monoisotopic (exact) mass is 263 g/mol. The van der Waals surface area contributed by atoms with Gasteiger partial charge in [-0.05, 0) is 31.2 Å². The molecule has 1 nitrogen and oxygen atoms in total. The van der Waals surface area contributed by atoms with Gasteiger partial charge in [0.15, 0.2) is 0 Å². The molecule has 1 unspecified atom stereocenters. The summed E-state index contributed by atoms with van der Waals surface area (Å²) in [7, 11) is 0. The van der Waals surface area contributed by atoms with Crippen LogP contribution in [0.15, 0.2) is 29.2 Å². The number of nitrogens with one attached hydrogen (secondary N) is 1. The van der Waals surface area contributed by atoms with Crippen molar-refractivity contribution >= 4 is 11.8 Å². The Balaban J connectivity index is 2.56. The zero-order valence-electron chi connectivity index (χ0n) is 9.84. The number of halogens is 3. The van der Waals surface area contributed by atoms with Crippen LogP contribution in [0.25, 0.3) is 0 Å². The predicted molar refractivity (Wildman–Crippen MR) is 65.3 cm³/mol. The van der Waals surface area contributed by atoms with Crippen LogP contribution in [-0.2, 0) is 0 Å². The molecule has 17 heavy (non-hydrogen) atoms. The molecule has 0 bridgehead atoms. The van der Waals surface area contributed by atoms with Gasteiger partial charge in [-0.25, -0.2) is 0 Å². The van der Waals surface area contributed by atoms with Gasteiger partial charge in [0.2, 0.25) is 0 Å². The Morgan fingerprint density at radius 3 is 2.29 bits per heavy atom. The van der Waals surface area contributed by atoms with Crippen LogP contribution in [-0.4, -0.2) is 18.5 Å². The van der Waals surface area contributed by atoms with Crippen LogP contribution in [0.3, 0.4) is 0 Å². The molecule has 0 heterocycles. The third-order valence-corrected chi connectivity index (χ3v) is 3.37. The largest absolute Gasteiger partial charge is 0.398 e. The first-order valence-electron chi connectivity index (χ1n) is 5.45. The summed E-state index contributed by atoms with van der Waals surface area (Å²) in [6, 6.07) is 7.43. The van der Waals surface area contributed by atoms with Crippen molar-refractivity contribution in [2.75, 3.05) is 12.3 Å². The molecule has 0 aliphatic heterocycles. The second kappa shape index (κ2) is 6.31. The van der Waals surface area contributed by atoms with Gasteiger partial charge in [-0.1, -0.05) is 19.1 Å². The number of alkyl halides is 3. The van der Waals surface area contributed by atoms with Gasteiger partial charge in [-0.3, -0.25) is 0 Å². The Hall–Kier alpha value is -0.680. The minimum Gasteiger partial charge on any atom is -0.310 e. The Bertz CT molecular complexity index is 335. The summed E-state index contributed by atoms with van der Waals surface area (Å²) in [5.74, 6) is -0.838. The number of benzene rings is 1. The Morgan fingerprint density at radius 2 is 1.82 bits per heavy atom. The van der Waals surface area contributed by atoms with Gasteiger partial charge in [-0.15, -0.1) is 11.8 Å². The van der Waals surface area contributed by atoms with Crippen LogP contribution in [0.1, 0.15) is 25.5 Å². The molecule has 0 aliphatic rings. The number of rotatable bonds is 5. The zero-order valence-corrected chi connectivity index (χ0v) is 10.7. The lowest BCUT2D eigenvalue weighted by Crippen LogP contribution is -2.17. The molecule has 0 saturated heterocycles. The normalized spacial score (nSPS) is 13.7. The topological polar surface area (TPSA) is 12.0 Å². The molecule has 0 aliphatic carbocycles. The van der Waals surface area contributed by atoms with Gasteiger partial charge in [0, 0.05) is 10.9 Å². The van der Waals surface area contributed by atoms with Crippen LogP contribution in [0.2, 0.25) is 0 Å². The van der Waals surface area contributed by atoms with Gasteiger partial charge < -0.3 is 5.32 Å². The van der Waals surface area contributed by atoms with E-state index in [1.165, 1.54) is 0 Å². The molecule has 1 atom stereocenters. The average Bonchev–Trinajstić information content (AvgIpc) is 2.26. The van der Waals surface area contributed by atoms with Crippen molar-refractivity contribution in [3.8, 4) is 0 Å². The Morgan fingerprint density at radius 1 is 1.24 bits per heavy atom. The van der Waals surface area contributed by atoms with E-state index in [9.17, 15) is 13.2 Å². The maximum atomic E-state index is 12.0. The van der Waals surface area contributed by atoms with Gasteiger partial charge in [0.25, 0.3) is 0 Å². The quantitative estimate of drug-likeness (QED) is 0.805. The van der Waals surface area contributed by atoms with E-state index in [1.54, 1.807) is 12.1 Å². The van der Waals surface area contributed by atoms with Gasteiger partial charge in [-0.2, -0.15) is 13.2 Å². The maximum absolute atomic E-state index is 12.0. The van der Waals surface area contributed by atoms with Crippen molar-refractivity contribution in [1.82, 2.24) is 5.32 Å². The second-order valence-corrected chi connectivity index (χ2v) is 4.80. The standard InChI is InChI=1S/C12H16F3NS/c1-3-16-9(2)10-4-6-11(7-5-10)17-8-12(13,14)15/h4-7,9,16H,3,8H2,1-2H3. The number of hydrogen-bond acceptors (Lipinski definition) is 2. The van der Waals surface area contributed by atoms with Gasteiger partial charge in [0.05, 0.1) is 5.75 Å². The van der Waals surface area contributed by atoms with Gasteiger partial charge >= 0.3 is 6.18 Å². The summed E-state index contributed by atoms with van der Waals surface area (Å²) >= 11 is 0.816. The molecule has 1 aromatic rings. The summed E-state index contributed by atoms with van der Waals surface area (Å²) in [6.45, 7) is 4.91. The summed E-state index contributed by atoms with van der Waals surface area (Å²) in [6.07, 6.45) is -4.11. The highest BCUT2D eigenvalue weighted by molar-refractivity contribution is 7.99. The van der Waals surface area contributed by atoms with E-state index < -0.39 is 11.9 Å². The highest BCUT2D eigenvalue weighted by Crippen LogP contribution is 2.27. The minimum atomic E-state index is -4.11. The first-order valence-corrected chi connectivity index (χ1v) is 6.44. The lowest BCUT2D eigenvalue weighted by molar-refractivity contribution is -0.105. The molecule has 0 fully saturated rings. The maximum Gasteiger partial charge on any atom is 0.398 e. The fourth-order valence-electron chi connectivity index (χ4n) is 1.44. The highest BCUT2D eigenvalue weighted by atomic mass is 32.2. The van der Waals surface area contributed by atoms with Crippen molar-refractivity contribution in [3.63, 3.8) is 0 Å². The van der Waals surface area contributed by atoms with Crippen molar-refractivity contribution in [2.45, 2.75) is 31.0 Å². The van der Waals surface area contributed by atoms with E-state index >= 15 is 0 Å². The van der Waals surface area contributed by atoms with Gasteiger partial charge in [0.1, 0.15) is 0 Å². The lowest BCUT2D eigenvalue weighted by Gasteiger charge is -2.13. The van der Waals surface area contributed by atoms with Crippen LogP contribution < -0.4 is 5.32 Å². The van der Waals surface area contributed by atoms with Crippen molar-refractivity contribution in [1.29, 1.82) is 0 Å². The molecule has 0 aromatic heterocycles. The van der Waals surface area contributed by atoms with E-state index in [0.717, 1.165) is 23.9 Å². The highest BCUT2D eigenvalue weighted by Gasteiger charge is 2.27. The lowest BCUT2D eigenvalue weighted by atomic mass is 10.1. The molecular formula is C12H16F3NS. The average molecular weight is 263 g/mol. The number of thioether (sulfide) groups is 1. The molecule has 0 saturated carbocycles. The predicted octanol–water partition coefficient (Wildman–Crippen LogP) is 4.01. The van der Waals surface area contributed by atoms with Crippen molar-refractivity contribution in [2.24, 2.45) is 0 Å². The van der Waals surface area contributed by atoms with Crippen molar-refractivity contribution < 1.29 is 13.2 Å². The Labute approximate surface area is 104 Å². The van der Waals surface area contributed by atoms with E-state index in [0.29, 0.717) is 4.90 Å². The van der Waals surface area contributed by atoms with Crippen LogP contribution in [0.4, 0.5) is 13.2 Å². The zero-order chi connectivity index (χ0) is 12.9. The summed E-state index contributed by atoms with van der Waals surface area (Å²) in [5.41, 5.74) is 1.09. The fourth-order valence-corrected chi connectivity index (χ4v) is 2.10. The smallest absolute Gasteiger partial charge is 0.310 e. The van der Waals surface area contributed by atoms with E-state index in [2.05, 4.69) is 5.32 Å². The summed E-state index contributed by atoms with van der Waals surface area (Å²) in [4.78, 5) is 0.648. The molecule has 1 aromatic carbocycles. The van der Waals surface area contributed by atoms with E-state index in [4.69, 9.17) is 0 Å². The van der Waals surface area contributed by atoms with Crippen LogP contribution >= 0.6 is 11.8 Å². The molecule has 0 spiro atoms. The first-order chi connectivity index (χ1) is 7.92. The Kier molecular flexibility index (Phi) is 5.33. The summed E-state index contributed by atoms with van der Waals surface area (Å²) < 4.78 is 36.1. The SMILES string of the molecule is CCNC(C)c1ccc(SCC(F)(F)F)cc1. The molecule has 5 heteroatoms. The molecule has 1 N–H and O–H groups in total. The molecule has 96 valence electrons. The third-order valence-electron chi connectivity index (χ3n) is 2.29.